The first-order valence-electron chi connectivity index (χ1n) is 6.86. The molecule has 1 aliphatic heterocycles. The Morgan fingerprint density at radius 3 is 3.05 bits per heavy atom. The van der Waals surface area contributed by atoms with Gasteiger partial charge in [-0.25, -0.2) is 4.79 Å². The second-order valence-electron chi connectivity index (χ2n) is 4.90. The van der Waals surface area contributed by atoms with E-state index < -0.39 is 18.7 Å². The normalized spacial score (nSPS) is 21.5. The molecule has 2 heterocycles. The first-order valence-corrected chi connectivity index (χ1v) is 7.24. The van der Waals surface area contributed by atoms with Crippen molar-refractivity contribution in [3.63, 3.8) is 0 Å². The molecule has 1 aromatic heterocycles. The molecular formula is C13H17ClN2O6. The molecule has 0 bridgehead atoms. The predicted octanol–water partition coefficient (Wildman–Crippen LogP) is 0.636. The number of amides is 1. The number of aromatic nitrogens is 1. The molecule has 22 heavy (non-hydrogen) atoms. The minimum Gasteiger partial charge on any atom is -0.480 e. The monoisotopic (exact) mass is 332 g/mol. The van der Waals surface area contributed by atoms with Gasteiger partial charge in [0, 0.05) is 25.5 Å². The third kappa shape index (κ3) is 5.28. The highest BCUT2D eigenvalue weighted by molar-refractivity contribution is 6.29. The fourth-order valence-corrected chi connectivity index (χ4v) is 2.30. The Hall–Kier alpha value is -1.64. The summed E-state index contributed by atoms with van der Waals surface area (Å²) in [7, 11) is 0. The number of aliphatic carboxylic acids is 1. The summed E-state index contributed by atoms with van der Waals surface area (Å²) in [5, 5.41) is 15.3. The van der Waals surface area contributed by atoms with Crippen LogP contribution in [0.3, 0.4) is 0 Å². The minimum absolute atomic E-state index is 0.177. The summed E-state index contributed by atoms with van der Waals surface area (Å²) in [6.07, 6.45) is 0.710. The van der Waals surface area contributed by atoms with Gasteiger partial charge in [-0.15, -0.1) is 0 Å². The number of carbonyl (C=O) groups is 2. The third-order valence-electron chi connectivity index (χ3n) is 3.20. The van der Waals surface area contributed by atoms with E-state index in [0.29, 0.717) is 25.2 Å². The molecule has 9 heteroatoms. The van der Waals surface area contributed by atoms with Crippen LogP contribution in [-0.2, 0) is 25.5 Å². The first-order chi connectivity index (χ1) is 10.5. The van der Waals surface area contributed by atoms with Crippen molar-refractivity contribution in [3.05, 3.63) is 17.0 Å². The molecule has 1 fully saturated rings. The zero-order valence-electron chi connectivity index (χ0n) is 11.8. The predicted molar refractivity (Wildman–Crippen MR) is 74.6 cm³/mol. The van der Waals surface area contributed by atoms with Crippen LogP contribution < -0.4 is 5.32 Å². The molecule has 0 spiro atoms. The Labute approximate surface area is 131 Å². The van der Waals surface area contributed by atoms with Gasteiger partial charge in [0.05, 0.1) is 12.6 Å². The van der Waals surface area contributed by atoms with E-state index >= 15 is 0 Å². The molecule has 1 aliphatic rings. The number of ether oxygens (including phenoxy) is 2. The van der Waals surface area contributed by atoms with Gasteiger partial charge in [-0.1, -0.05) is 16.8 Å². The zero-order chi connectivity index (χ0) is 15.9. The Bertz CT molecular complexity index is 520. The molecule has 2 rings (SSSR count). The smallest absolute Gasteiger partial charge is 0.329 e. The van der Waals surface area contributed by atoms with Crippen LogP contribution >= 0.6 is 11.6 Å². The van der Waals surface area contributed by atoms with Crippen LogP contribution in [0.4, 0.5) is 0 Å². The lowest BCUT2D eigenvalue weighted by Crippen LogP contribution is -2.50. The van der Waals surface area contributed by atoms with Crippen molar-refractivity contribution < 1.29 is 28.7 Å². The fraction of sp³-hybridized carbons (Fsp3) is 0.615. The number of hydrogen-bond donors (Lipinski definition) is 2. The average molecular weight is 333 g/mol. The molecule has 1 amide bonds. The van der Waals surface area contributed by atoms with Gasteiger partial charge in [0.25, 0.3) is 0 Å². The Kier molecular flexibility index (Phi) is 6.17. The molecule has 0 aliphatic carbocycles. The molecule has 0 radical (unpaired) electrons. The number of aryl methyl sites for hydroxylation is 1. The van der Waals surface area contributed by atoms with Crippen molar-refractivity contribution in [2.75, 3.05) is 19.8 Å². The van der Waals surface area contributed by atoms with Crippen molar-refractivity contribution in [1.29, 1.82) is 0 Å². The third-order valence-corrected chi connectivity index (χ3v) is 3.38. The lowest BCUT2D eigenvalue weighted by molar-refractivity contribution is -0.149. The van der Waals surface area contributed by atoms with Crippen LogP contribution in [0, 0.1) is 0 Å². The van der Waals surface area contributed by atoms with E-state index in [1.807, 2.05) is 0 Å². The molecule has 8 nitrogen and oxygen atoms in total. The quantitative estimate of drug-likeness (QED) is 0.753. The van der Waals surface area contributed by atoms with Crippen molar-refractivity contribution in [3.8, 4) is 0 Å². The van der Waals surface area contributed by atoms with Crippen molar-refractivity contribution in [2.24, 2.45) is 0 Å². The SMILES string of the molecule is O=C(O)CO[C@@H]1COCC[C@H]1NC(=O)CCc1cc(Cl)no1. The van der Waals surface area contributed by atoms with Gasteiger partial charge in [0.15, 0.2) is 5.15 Å². The number of rotatable bonds is 7. The van der Waals surface area contributed by atoms with Crippen LogP contribution in [0.5, 0.6) is 0 Å². The summed E-state index contributed by atoms with van der Waals surface area (Å²) >= 11 is 5.63. The molecular weight excluding hydrogens is 316 g/mol. The topological polar surface area (TPSA) is 111 Å². The second kappa shape index (κ2) is 8.11. The minimum atomic E-state index is -1.06. The van der Waals surface area contributed by atoms with Crippen LogP contribution in [0.1, 0.15) is 18.6 Å². The Morgan fingerprint density at radius 1 is 1.55 bits per heavy atom. The van der Waals surface area contributed by atoms with E-state index in [1.54, 1.807) is 6.07 Å². The van der Waals surface area contributed by atoms with Crippen LogP contribution in [0.15, 0.2) is 10.6 Å². The lowest BCUT2D eigenvalue weighted by Gasteiger charge is -2.31. The maximum Gasteiger partial charge on any atom is 0.329 e. The second-order valence-corrected chi connectivity index (χ2v) is 5.28. The molecule has 2 atom stereocenters. The molecule has 1 saturated heterocycles. The van der Waals surface area contributed by atoms with Gasteiger partial charge in [0.1, 0.15) is 18.5 Å². The summed E-state index contributed by atoms with van der Waals surface area (Å²) in [5.74, 6) is -0.702. The number of carboxylic acids is 1. The van der Waals surface area contributed by atoms with Crippen molar-refractivity contribution >= 4 is 23.5 Å². The zero-order valence-corrected chi connectivity index (χ0v) is 12.5. The number of carbonyl (C=O) groups excluding carboxylic acids is 1. The molecule has 0 aromatic carbocycles. The summed E-state index contributed by atoms with van der Waals surface area (Å²) in [6, 6.07) is 1.29. The molecule has 0 saturated carbocycles. The summed E-state index contributed by atoms with van der Waals surface area (Å²) < 4.78 is 15.4. The Balaban J connectivity index is 1.78. The van der Waals surface area contributed by atoms with Gasteiger partial charge in [-0.2, -0.15) is 0 Å². The standard InChI is InChI=1S/C13H17ClN2O6/c14-11-5-8(22-16-11)1-2-12(17)15-9-3-4-20-6-10(9)21-7-13(18)19/h5,9-10H,1-4,6-7H2,(H,15,17)(H,18,19)/t9-,10-/m1/s1. The van der Waals surface area contributed by atoms with Gasteiger partial charge < -0.3 is 24.4 Å². The first kappa shape index (κ1) is 16.7. The average Bonchev–Trinajstić information content (AvgIpc) is 2.90. The number of hydrogen-bond acceptors (Lipinski definition) is 6. The van der Waals surface area contributed by atoms with E-state index in [1.165, 1.54) is 0 Å². The summed E-state index contributed by atoms with van der Waals surface area (Å²) in [4.78, 5) is 22.5. The van der Waals surface area contributed by atoms with E-state index in [0.717, 1.165) is 0 Å². The fourth-order valence-electron chi connectivity index (χ4n) is 2.14. The van der Waals surface area contributed by atoms with E-state index in [-0.39, 0.29) is 30.1 Å². The molecule has 1 aromatic rings. The summed E-state index contributed by atoms with van der Waals surface area (Å²) in [6.45, 7) is 0.336. The van der Waals surface area contributed by atoms with Gasteiger partial charge >= 0.3 is 5.97 Å². The van der Waals surface area contributed by atoms with Crippen LogP contribution in [-0.4, -0.2) is 54.1 Å². The van der Waals surface area contributed by atoms with E-state index in [4.69, 9.17) is 30.7 Å². The number of nitrogens with one attached hydrogen (secondary N) is 1. The van der Waals surface area contributed by atoms with E-state index in [2.05, 4.69) is 10.5 Å². The van der Waals surface area contributed by atoms with Gasteiger partial charge in [-0.05, 0) is 6.42 Å². The summed E-state index contributed by atoms with van der Waals surface area (Å²) in [5.41, 5.74) is 0. The highest BCUT2D eigenvalue weighted by Crippen LogP contribution is 2.13. The largest absolute Gasteiger partial charge is 0.480 e. The van der Waals surface area contributed by atoms with Gasteiger partial charge in [-0.3, -0.25) is 4.79 Å². The number of nitrogens with zero attached hydrogens (tertiary/aromatic N) is 1. The van der Waals surface area contributed by atoms with Crippen LogP contribution in [0.25, 0.3) is 0 Å². The lowest BCUT2D eigenvalue weighted by atomic mass is 10.1. The maximum absolute atomic E-state index is 12.0. The van der Waals surface area contributed by atoms with E-state index in [9.17, 15) is 9.59 Å². The van der Waals surface area contributed by atoms with Gasteiger partial charge in [0.2, 0.25) is 5.91 Å². The molecule has 122 valence electrons. The van der Waals surface area contributed by atoms with Crippen molar-refractivity contribution in [1.82, 2.24) is 10.5 Å². The molecule has 2 N–H and O–H groups in total. The van der Waals surface area contributed by atoms with Crippen LogP contribution in [0.2, 0.25) is 5.15 Å². The highest BCUT2D eigenvalue weighted by atomic mass is 35.5. The maximum atomic E-state index is 12.0. The van der Waals surface area contributed by atoms with Crippen molar-refractivity contribution in [2.45, 2.75) is 31.4 Å². The Morgan fingerprint density at radius 2 is 2.36 bits per heavy atom. The highest BCUT2D eigenvalue weighted by Gasteiger charge is 2.28. The molecule has 0 unspecified atom stereocenters. The number of carboxylic acid groups (broad SMARTS) is 1. The number of halogens is 1.